The van der Waals surface area contributed by atoms with E-state index >= 15 is 0 Å². The molecule has 1 aliphatic heterocycles. The molecule has 0 saturated carbocycles. The van der Waals surface area contributed by atoms with E-state index in [1.165, 1.54) is 43.0 Å². The number of hydrogen-bond acceptors (Lipinski definition) is 3. The highest BCUT2D eigenvalue weighted by molar-refractivity contribution is 9.10. The molecule has 114 valence electrons. The average molecular weight is 432 g/mol. The number of benzene rings is 1. The van der Waals surface area contributed by atoms with Gasteiger partial charge in [-0.1, -0.05) is 35.0 Å². The van der Waals surface area contributed by atoms with Crippen molar-refractivity contribution in [2.75, 3.05) is 19.6 Å². The molecule has 1 saturated heterocycles. The molecule has 1 aromatic carbocycles. The first-order valence-electron chi connectivity index (χ1n) is 7.20. The van der Waals surface area contributed by atoms with E-state index in [1.54, 1.807) is 0 Å². The van der Waals surface area contributed by atoms with Gasteiger partial charge in [-0.05, 0) is 44.6 Å². The molecular formula is C16H20Br2N2S. The van der Waals surface area contributed by atoms with Crippen molar-refractivity contribution in [1.29, 1.82) is 0 Å². The number of aromatic nitrogens is 1. The van der Waals surface area contributed by atoms with Crippen molar-refractivity contribution in [1.82, 2.24) is 9.88 Å². The van der Waals surface area contributed by atoms with Gasteiger partial charge in [0.15, 0.2) is 0 Å². The summed E-state index contributed by atoms with van der Waals surface area (Å²) in [5, 5.41) is 3.52. The summed E-state index contributed by atoms with van der Waals surface area (Å²) >= 11 is 5.30. The van der Waals surface area contributed by atoms with Crippen LogP contribution in [0.15, 0.2) is 34.1 Å². The van der Waals surface area contributed by atoms with Gasteiger partial charge in [0, 0.05) is 21.3 Å². The Morgan fingerprint density at radius 3 is 2.52 bits per heavy atom. The fraction of sp³-hybridized carbons (Fsp3) is 0.438. The van der Waals surface area contributed by atoms with Gasteiger partial charge in [0.25, 0.3) is 0 Å². The molecule has 0 bridgehead atoms. The van der Waals surface area contributed by atoms with E-state index in [2.05, 4.69) is 57.4 Å². The van der Waals surface area contributed by atoms with Crippen molar-refractivity contribution >= 4 is 44.2 Å². The van der Waals surface area contributed by atoms with Gasteiger partial charge in [-0.25, -0.2) is 4.98 Å². The Bertz CT molecular complexity index is 560. The second kappa shape index (κ2) is 7.86. The van der Waals surface area contributed by atoms with Crippen molar-refractivity contribution in [3.05, 3.63) is 39.1 Å². The third kappa shape index (κ3) is 4.15. The Labute approximate surface area is 149 Å². The Kier molecular flexibility index (Phi) is 6.41. The first kappa shape index (κ1) is 17.1. The van der Waals surface area contributed by atoms with E-state index in [1.807, 2.05) is 11.3 Å². The fourth-order valence-corrected chi connectivity index (χ4v) is 3.99. The lowest BCUT2D eigenvalue weighted by molar-refractivity contribution is 0.222. The van der Waals surface area contributed by atoms with E-state index < -0.39 is 0 Å². The van der Waals surface area contributed by atoms with E-state index in [-0.39, 0.29) is 17.0 Å². The van der Waals surface area contributed by atoms with Gasteiger partial charge in [-0.2, -0.15) is 0 Å². The topological polar surface area (TPSA) is 16.1 Å². The summed E-state index contributed by atoms with van der Waals surface area (Å²) in [6.07, 6.45) is 2.50. The summed E-state index contributed by atoms with van der Waals surface area (Å²) in [6.45, 7) is 5.85. The fourth-order valence-electron chi connectivity index (χ4n) is 2.72. The zero-order valence-corrected chi connectivity index (χ0v) is 16.2. The van der Waals surface area contributed by atoms with E-state index in [0.717, 1.165) is 10.2 Å². The first-order valence-corrected chi connectivity index (χ1v) is 8.87. The van der Waals surface area contributed by atoms with Crippen LogP contribution in [0, 0.1) is 0 Å². The number of nitrogens with zero attached hydrogens (tertiary/aromatic N) is 2. The van der Waals surface area contributed by atoms with Gasteiger partial charge in [0.05, 0.1) is 10.7 Å². The van der Waals surface area contributed by atoms with Gasteiger partial charge < -0.3 is 4.90 Å². The van der Waals surface area contributed by atoms with E-state index in [4.69, 9.17) is 4.98 Å². The van der Waals surface area contributed by atoms with Crippen LogP contribution in [0.2, 0.25) is 0 Å². The van der Waals surface area contributed by atoms with Crippen LogP contribution in [-0.4, -0.2) is 29.5 Å². The minimum Gasteiger partial charge on any atom is -0.304 e. The maximum atomic E-state index is 4.87. The molecule has 21 heavy (non-hydrogen) atoms. The smallest absolute Gasteiger partial charge is 0.0964 e. The van der Waals surface area contributed by atoms with Crippen molar-refractivity contribution in [2.24, 2.45) is 0 Å². The Morgan fingerprint density at radius 1 is 1.24 bits per heavy atom. The normalized spacial score (nSPS) is 16.7. The van der Waals surface area contributed by atoms with Crippen LogP contribution >= 0.6 is 44.2 Å². The SMILES string of the molecule is Br.CCN1CCC(c2nc(-c3ccc(Br)cc3)cs2)CC1. The summed E-state index contributed by atoms with van der Waals surface area (Å²) in [5.74, 6) is 0.659. The molecule has 2 aromatic rings. The molecular weight excluding hydrogens is 412 g/mol. The molecule has 2 heterocycles. The lowest BCUT2D eigenvalue weighted by Crippen LogP contribution is -2.32. The van der Waals surface area contributed by atoms with Crippen LogP contribution in [0.4, 0.5) is 0 Å². The van der Waals surface area contributed by atoms with Gasteiger partial charge in [0.1, 0.15) is 0 Å². The molecule has 2 nitrogen and oxygen atoms in total. The maximum Gasteiger partial charge on any atom is 0.0964 e. The minimum atomic E-state index is 0. The van der Waals surface area contributed by atoms with Crippen LogP contribution in [0.3, 0.4) is 0 Å². The van der Waals surface area contributed by atoms with Crippen molar-refractivity contribution in [3.8, 4) is 11.3 Å². The van der Waals surface area contributed by atoms with Gasteiger partial charge >= 0.3 is 0 Å². The minimum absolute atomic E-state index is 0. The zero-order chi connectivity index (χ0) is 13.9. The third-order valence-electron chi connectivity index (χ3n) is 4.05. The number of likely N-dealkylation sites (tertiary alicyclic amines) is 1. The molecule has 3 rings (SSSR count). The molecule has 0 amide bonds. The summed E-state index contributed by atoms with van der Waals surface area (Å²) in [6, 6.07) is 8.41. The maximum absolute atomic E-state index is 4.87. The molecule has 0 aliphatic carbocycles. The number of rotatable bonds is 3. The number of piperidine rings is 1. The molecule has 0 atom stereocenters. The van der Waals surface area contributed by atoms with E-state index in [9.17, 15) is 0 Å². The predicted molar refractivity (Wildman–Crippen MR) is 99.7 cm³/mol. The van der Waals surface area contributed by atoms with Crippen LogP contribution in [-0.2, 0) is 0 Å². The quantitative estimate of drug-likeness (QED) is 0.650. The highest BCUT2D eigenvalue weighted by Gasteiger charge is 2.22. The highest BCUT2D eigenvalue weighted by Crippen LogP contribution is 2.33. The highest BCUT2D eigenvalue weighted by atomic mass is 79.9. The molecule has 0 radical (unpaired) electrons. The molecule has 0 spiro atoms. The zero-order valence-electron chi connectivity index (χ0n) is 12.1. The molecule has 5 heteroatoms. The van der Waals surface area contributed by atoms with Gasteiger partial charge in [0.2, 0.25) is 0 Å². The van der Waals surface area contributed by atoms with Crippen LogP contribution in [0.25, 0.3) is 11.3 Å². The van der Waals surface area contributed by atoms with Crippen molar-refractivity contribution in [2.45, 2.75) is 25.7 Å². The molecule has 1 aromatic heterocycles. The second-order valence-corrected chi connectivity index (χ2v) is 7.09. The monoisotopic (exact) mass is 430 g/mol. The summed E-state index contributed by atoms with van der Waals surface area (Å²) < 4.78 is 1.11. The summed E-state index contributed by atoms with van der Waals surface area (Å²) in [5.41, 5.74) is 2.33. The number of hydrogen-bond donors (Lipinski definition) is 0. The van der Waals surface area contributed by atoms with Crippen molar-refractivity contribution in [3.63, 3.8) is 0 Å². The Morgan fingerprint density at radius 2 is 1.90 bits per heavy atom. The van der Waals surface area contributed by atoms with Crippen LogP contribution < -0.4 is 0 Å². The standard InChI is InChI=1S/C16H19BrN2S.BrH/c1-2-19-9-7-13(8-10-19)16-18-15(11-20-16)12-3-5-14(17)6-4-12;/h3-6,11,13H,2,7-10H2,1H3;1H. The second-order valence-electron chi connectivity index (χ2n) is 5.29. The third-order valence-corrected chi connectivity index (χ3v) is 5.58. The van der Waals surface area contributed by atoms with Gasteiger partial charge in [-0.3, -0.25) is 0 Å². The predicted octanol–water partition coefficient (Wildman–Crippen LogP) is 5.35. The molecule has 0 unspecified atom stereocenters. The first-order chi connectivity index (χ1) is 9.76. The largest absolute Gasteiger partial charge is 0.304 e. The molecule has 1 fully saturated rings. The number of thiazole rings is 1. The Hall–Kier alpha value is -0.230. The lowest BCUT2D eigenvalue weighted by atomic mass is 9.97. The van der Waals surface area contributed by atoms with Crippen LogP contribution in [0.5, 0.6) is 0 Å². The summed E-state index contributed by atoms with van der Waals surface area (Å²) in [4.78, 5) is 7.40. The Balaban J connectivity index is 0.00000161. The average Bonchev–Trinajstić information content (AvgIpc) is 2.98. The molecule has 0 N–H and O–H groups in total. The number of halogens is 2. The van der Waals surface area contributed by atoms with Gasteiger partial charge in [-0.15, -0.1) is 28.3 Å². The van der Waals surface area contributed by atoms with E-state index in [0.29, 0.717) is 5.92 Å². The van der Waals surface area contributed by atoms with Crippen molar-refractivity contribution < 1.29 is 0 Å². The lowest BCUT2D eigenvalue weighted by Gasteiger charge is -2.29. The summed E-state index contributed by atoms with van der Waals surface area (Å²) in [7, 11) is 0. The molecule has 1 aliphatic rings. The van der Waals surface area contributed by atoms with Crippen LogP contribution in [0.1, 0.15) is 30.7 Å².